The molecule has 1 saturated heterocycles. The maximum absolute atomic E-state index is 13.4. The van der Waals surface area contributed by atoms with Crippen LogP contribution in [0.4, 0.5) is 10.5 Å². The fourth-order valence-electron chi connectivity index (χ4n) is 4.11. The minimum absolute atomic E-state index is 0.177. The number of barbiturate groups is 1. The summed E-state index contributed by atoms with van der Waals surface area (Å²) in [5.74, 6) is 1.18. The van der Waals surface area contributed by atoms with Gasteiger partial charge in [-0.15, -0.1) is 0 Å². The van der Waals surface area contributed by atoms with Gasteiger partial charge in [-0.3, -0.25) is 14.9 Å². The van der Waals surface area contributed by atoms with Gasteiger partial charge in [0.05, 0.1) is 18.9 Å². The van der Waals surface area contributed by atoms with Crippen LogP contribution in [0.5, 0.6) is 28.7 Å². The second kappa shape index (κ2) is 11.2. The number of ether oxygens (including phenoxy) is 5. The molecule has 5 rings (SSSR count). The van der Waals surface area contributed by atoms with Crippen molar-refractivity contribution >= 4 is 29.6 Å². The summed E-state index contributed by atoms with van der Waals surface area (Å²) in [5.41, 5.74) is 1.47. The van der Waals surface area contributed by atoms with Gasteiger partial charge in [0.15, 0.2) is 11.5 Å². The van der Waals surface area contributed by atoms with Crippen LogP contribution in [0.2, 0.25) is 0 Å². The Morgan fingerprint density at radius 2 is 1.59 bits per heavy atom. The first-order valence-electron chi connectivity index (χ1n) is 12.4. The van der Waals surface area contributed by atoms with E-state index in [2.05, 4.69) is 5.32 Å². The SMILES string of the molecule is CCOc1ccc(OCC)c(N2C(=O)NC(=O)/C(=C\c3ccc(OCc4ccc5c(c4)OCO5)cc3)C2=O)c1. The van der Waals surface area contributed by atoms with Gasteiger partial charge in [-0.25, -0.2) is 9.69 Å². The van der Waals surface area contributed by atoms with Crippen molar-refractivity contribution < 1.29 is 38.1 Å². The van der Waals surface area contributed by atoms with Crippen molar-refractivity contribution in [2.75, 3.05) is 24.9 Å². The van der Waals surface area contributed by atoms with Gasteiger partial charge < -0.3 is 23.7 Å². The zero-order valence-electron chi connectivity index (χ0n) is 21.4. The highest BCUT2D eigenvalue weighted by Gasteiger charge is 2.38. The summed E-state index contributed by atoms with van der Waals surface area (Å²) in [6, 6.07) is 16.4. The van der Waals surface area contributed by atoms with Crippen molar-refractivity contribution in [3.8, 4) is 28.7 Å². The molecular weight excluding hydrogens is 504 g/mol. The molecular formula is C29H26N2O8. The number of carbonyl (C=O) groups excluding carboxylic acids is 3. The predicted octanol–water partition coefficient (Wildman–Crippen LogP) is 4.46. The normalized spacial score (nSPS) is 15.4. The monoisotopic (exact) mass is 530 g/mol. The molecule has 2 aliphatic heterocycles. The summed E-state index contributed by atoms with van der Waals surface area (Å²) in [6.07, 6.45) is 1.42. The van der Waals surface area contributed by atoms with Crippen LogP contribution in [0.3, 0.4) is 0 Å². The molecule has 2 aliphatic rings. The molecule has 0 atom stereocenters. The molecule has 0 saturated carbocycles. The third kappa shape index (κ3) is 5.49. The number of nitrogens with zero attached hydrogens (tertiary/aromatic N) is 1. The van der Waals surface area contributed by atoms with Gasteiger partial charge in [-0.2, -0.15) is 0 Å². The van der Waals surface area contributed by atoms with E-state index in [0.717, 1.165) is 10.5 Å². The summed E-state index contributed by atoms with van der Waals surface area (Å²) in [5, 5.41) is 2.24. The Morgan fingerprint density at radius 1 is 0.846 bits per heavy atom. The Morgan fingerprint density at radius 3 is 2.36 bits per heavy atom. The predicted molar refractivity (Wildman–Crippen MR) is 141 cm³/mol. The Balaban J connectivity index is 1.34. The smallest absolute Gasteiger partial charge is 0.336 e. The molecule has 10 heteroatoms. The van der Waals surface area contributed by atoms with E-state index in [-0.39, 0.29) is 18.1 Å². The Hall–Kier alpha value is -4.99. The van der Waals surface area contributed by atoms with Gasteiger partial charge in [0.1, 0.15) is 29.4 Å². The number of fused-ring (bicyclic) bond motifs is 1. The molecule has 10 nitrogen and oxygen atoms in total. The average Bonchev–Trinajstić information content (AvgIpc) is 3.40. The number of carbonyl (C=O) groups is 3. The van der Waals surface area contributed by atoms with Crippen LogP contribution >= 0.6 is 0 Å². The van der Waals surface area contributed by atoms with Crippen molar-refractivity contribution in [1.29, 1.82) is 0 Å². The zero-order chi connectivity index (χ0) is 27.4. The van der Waals surface area contributed by atoms with Crippen molar-refractivity contribution in [3.63, 3.8) is 0 Å². The van der Waals surface area contributed by atoms with Crippen molar-refractivity contribution in [3.05, 3.63) is 77.4 Å². The number of imide groups is 2. The summed E-state index contributed by atoms with van der Waals surface area (Å²) >= 11 is 0. The fourth-order valence-corrected chi connectivity index (χ4v) is 4.11. The number of anilines is 1. The van der Waals surface area contributed by atoms with Gasteiger partial charge >= 0.3 is 6.03 Å². The molecule has 0 unspecified atom stereocenters. The molecule has 0 aliphatic carbocycles. The summed E-state index contributed by atoms with van der Waals surface area (Å²) < 4.78 is 27.7. The number of hydrogen-bond acceptors (Lipinski definition) is 8. The van der Waals surface area contributed by atoms with Gasteiger partial charge in [0.25, 0.3) is 11.8 Å². The first-order valence-corrected chi connectivity index (χ1v) is 12.4. The third-order valence-corrected chi connectivity index (χ3v) is 5.92. The molecule has 3 aromatic carbocycles. The topological polar surface area (TPSA) is 113 Å². The maximum Gasteiger partial charge on any atom is 0.336 e. The highest BCUT2D eigenvalue weighted by atomic mass is 16.7. The summed E-state index contributed by atoms with van der Waals surface area (Å²) in [7, 11) is 0. The van der Waals surface area contributed by atoms with Crippen molar-refractivity contribution in [2.45, 2.75) is 20.5 Å². The molecule has 1 N–H and O–H groups in total. The third-order valence-electron chi connectivity index (χ3n) is 5.92. The molecule has 39 heavy (non-hydrogen) atoms. The van der Waals surface area contributed by atoms with E-state index >= 15 is 0 Å². The van der Waals surface area contributed by atoms with E-state index < -0.39 is 17.8 Å². The van der Waals surface area contributed by atoms with Crippen LogP contribution in [-0.4, -0.2) is 37.9 Å². The summed E-state index contributed by atoms with van der Waals surface area (Å²) in [4.78, 5) is 39.7. The highest BCUT2D eigenvalue weighted by molar-refractivity contribution is 6.39. The maximum atomic E-state index is 13.4. The zero-order valence-corrected chi connectivity index (χ0v) is 21.4. The first-order chi connectivity index (χ1) is 19.0. The van der Waals surface area contributed by atoms with E-state index in [1.165, 1.54) is 12.1 Å². The lowest BCUT2D eigenvalue weighted by atomic mass is 10.1. The Bertz CT molecular complexity index is 1450. The number of nitrogens with one attached hydrogen (secondary N) is 1. The van der Waals surface area contributed by atoms with Crippen LogP contribution in [-0.2, 0) is 16.2 Å². The molecule has 0 spiro atoms. The lowest BCUT2D eigenvalue weighted by Crippen LogP contribution is -2.54. The average molecular weight is 531 g/mol. The number of hydrogen-bond donors (Lipinski definition) is 1. The second-order valence-electron chi connectivity index (χ2n) is 8.50. The van der Waals surface area contributed by atoms with Crippen LogP contribution < -0.4 is 33.9 Å². The van der Waals surface area contributed by atoms with Crippen LogP contribution in [0.25, 0.3) is 6.08 Å². The molecule has 3 aromatic rings. The van der Waals surface area contributed by atoms with Crippen LogP contribution in [0, 0.1) is 0 Å². The molecule has 2 heterocycles. The number of urea groups is 1. The van der Waals surface area contributed by atoms with Gasteiger partial charge in [0, 0.05) is 6.07 Å². The largest absolute Gasteiger partial charge is 0.494 e. The molecule has 0 bridgehead atoms. The minimum Gasteiger partial charge on any atom is -0.494 e. The van der Waals surface area contributed by atoms with E-state index in [1.807, 2.05) is 25.1 Å². The summed E-state index contributed by atoms with van der Waals surface area (Å²) in [6.45, 7) is 4.84. The molecule has 0 radical (unpaired) electrons. The van der Waals surface area contributed by atoms with Gasteiger partial charge in [-0.1, -0.05) is 18.2 Å². The van der Waals surface area contributed by atoms with Crippen LogP contribution in [0.1, 0.15) is 25.0 Å². The van der Waals surface area contributed by atoms with Crippen molar-refractivity contribution in [1.82, 2.24) is 5.32 Å². The molecule has 0 aromatic heterocycles. The molecule has 4 amide bonds. The lowest BCUT2D eigenvalue weighted by Gasteiger charge is -2.28. The van der Waals surface area contributed by atoms with E-state index in [4.69, 9.17) is 23.7 Å². The van der Waals surface area contributed by atoms with Crippen molar-refractivity contribution in [2.24, 2.45) is 0 Å². The number of amides is 4. The second-order valence-corrected chi connectivity index (χ2v) is 8.50. The number of rotatable bonds is 9. The minimum atomic E-state index is -0.871. The van der Waals surface area contributed by atoms with Crippen LogP contribution in [0.15, 0.2) is 66.2 Å². The Labute approximate surface area is 224 Å². The standard InChI is InChI=1S/C29H26N2O8/c1-3-35-21-10-12-24(36-4-2)23(15-21)31-28(33)22(27(32)30-29(31)34)13-18-5-8-20(9-6-18)37-16-19-7-11-25-26(14-19)39-17-38-25/h5-15H,3-4,16-17H2,1-2H3,(H,30,32,34)/b22-13+. The Kier molecular flexibility index (Phi) is 7.35. The van der Waals surface area contributed by atoms with E-state index in [0.29, 0.717) is 54.1 Å². The first kappa shape index (κ1) is 25.7. The lowest BCUT2D eigenvalue weighted by molar-refractivity contribution is -0.122. The van der Waals surface area contributed by atoms with E-state index in [9.17, 15) is 14.4 Å². The van der Waals surface area contributed by atoms with Gasteiger partial charge in [0.2, 0.25) is 6.79 Å². The molecule has 1 fully saturated rings. The fraction of sp³-hybridized carbons (Fsp3) is 0.207. The molecule has 200 valence electrons. The van der Waals surface area contributed by atoms with E-state index in [1.54, 1.807) is 43.3 Å². The number of benzene rings is 3. The van der Waals surface area contributed by atoms with Gasteiger partial charge in [-0.05, 0) is 67.4 Å². The highest BCUT2D eigenvalue weighted by Crippen LogP contribution is 2.35. The quantitative estimate of drug-likeness (QED) is 0.319.